The average molecular weight is 205 g/mol. The number of hydrogen-bond acceptors (Lipinski definition) is 3. The van der Waals surface area contributed by atoms with Gasteiger partial charge in [0, 0.05) is 12.6 Å². The highest BCUT2D eigenvalue weighted by Crippen LogP contribution is 2.20. The number of aldehydes is 1. The van der Waals surface area contributed by atoms with Gasteiger partial charge in [0.25, 0.3) is 0 Å². The van der Waals surface area contributed by atoms with Crippen molar-refractivity contribution >= 4 is 6.29 Å². The molecule has 0 aliphatic heterocycles. The summed E-state index contributed by atoms with van der Waals surface area (Å²) in [6, 6.07) is 5.83. The van der Waals surface area contributed by atoms with Gasteiger partial charge in [-0.05, 0) is 24.3 Å². The van der Waals surface area contributed by atoms with Crippen molar-refractivity contribution in [2.75, 3.05) is 0 Å². The van der Waals surface area contributed by atoms with Crippen molar-refractivity contribution in [2.45, 2.75) is 0 Å². The lowest BCUT2D eigenvalue weighted by Gasteiger charge is -2.01. The molecule has 0 N–H and O–H groups in total. The van der Waals surface area contributed by atoms with Crippen LogP contribution in [-0.4, -0.2) is 21.3 Å². The van der Waals surface area contributed by atoms with Gasteiger partial charge in [0.15, 0.2) is 12.0 Å². The minimum absolute atomic E-state index is 0.254. The summed E-state index contributed by atoms with van der Waals surface area (Å²) >= 11 is 0. The molecule has 0 aliphatic rings. The lowest BCUT2D eigenvalue weighted by Crippen LogP contribution is -1.95. The standard InChI is InChI=1S/C10H8FN3O/c1-14-10(9(6-15)12-13-14)7-2-4-8(11)5-3-7/h2-6H,1H3. The molecule has 0 atom stereocenters. The number of carbonyl (C=O) groups excluding carboxylic acids is 1. The van der Waals surface area contributed by atoms with Crippen LogP contribution in [0.1, 0.15) is 10.5 Å². The van der Waals surface area contributed by atoms with Crippen LogP contribution in [0.4, 0.5) is 4.39 Å². The van der Waals surface area contributed by atoms with Gasteiger partial charge in [0.05, 0.1) is 5.69 Å². The molecule has 2 aromatic rings. The zero-order chi connectivity index (χ0) is 10.8. The second-order valence-corrected chi connectivity index (χ2v) is 3.07. The van der Waals surface area contributed by atoms with Crippen LogP contribution in [0.2, 0.25) is 0 Å². The molecule has 0 saturated carbocycles. The van der Waals surface area contributed by atoms with E-state index in [1.807, 2.05) is 0 Å². The van der Waals surface area contributed by atoms with Crippen LogP contribution in [0.25, 0.3) is 11.3 Å². The average Bonchev–Trinajstić information content (AvgIpc) is 2.61. The van der Waals surface area contributed by atoms with E-state index in [-0.39, 0.29) is 11.5 Å². The monoisotopic (exact) mass is 205 g/mol. The van der Waals surface area contributed by atoms with Crippen molar-refractivity contribution in [3.63, 3.8) is 0 Å². The lowest BCUT2D eigenvalue weighted by atomic mass is 10.1. The fraction of sp³-hybridized carbons (Fsp3) is 0.100. The highest BCUT2D eigenvalue weighted by molar-refractivity contribution is 5.83. The first kappa shape index (κ1) is 9.51. The molecular formula is C10H8FN3O. The molecule has 0 radical (unpaired) electrons. The van der Waals surface area contributed by atoms with Crippen LogP contribution in [0, 0.1) is 5.82 Å². The molecular weight excluding hydrogens is 197 g/mol. The molecule has 2 rings (SSSR count). The fourth-order valence-electron chi connectivity index (χ4n) is 1.39. The minimum Gasteiger partial charge on any atom is -0.296 e. The third kappa shape index (κ3) is 1.63. The molecule has 0 spiro atoms. The van der Waals surface area contributed by atoms with Crippen molar-refractivity contribution in [2.24, 2.45) is 7.05 Å². The normalized spacial score (nSPS) is 10.3. The summed E-state index contributed by atoms with van der Waals surface area (Å²) < 4.78 is 14.2. The largest absolute Gasteiger partial charge is 0.296 e. The highest BCUT2D eigenvalue weighted by atomic mass is 19.1. The maximum atomic E-state index is 12.7. The van der Waals surface area contributed by atoms with Gasteiger partial charge in [-0.15, -0.1) is 5.10 Å². The van der Waals surface area contributed by atoms with Crippen molar-refractivity contribution in [3.8, 4) is 11.3 Å². The summed E-state index contributed by atoms with van der Waals surface area (Å²) in [5, 5.41) is 7.41. The van der Waals surface area contributed by atoms with Crippen molar-refractivity contribution in [1.82, 2.24) is 15.0 Å². The molecule has 0 bridgehead atoms. The second kappa shape index (κ2) is 3.61. The zero-order valence-corrected chi connectivity index (χ0v) is 8.01. The van der Waals surface area contributed by atoms with E-state index in [2.05, 4.69) is 10.3 Å². The summed E-state index contributed by atoms with van der Waals surface area (Å²) in [7, 11) is 1.68. The molecule has 15 heavy (non-hydrogen) atoms. The van der Waals surface area contributed by atoms with Crippen LogP contribution in [-0.2, 0) is 7.05 Å². The predicted molar refractivity (Wildman–Crippen MR) is 51.8 cm³/mol. The van der Waals surface area contributed by atoms with Crippen molar-refractivity contribution < 1.29 is 9.18 Å². The van der Waals surface area contributed by atoms with Crippen LogP contribution >= 0.6 is 0 Å². The number of aromatic nitrogens is 3. The zero-order valence-electron chi connectivity index (χ0n) is 8.01. The predicted octanol–water partition coefficient (Wildman–Crippen LogP) is 1.43. The van der Waals surface area contributed by atoms with Gasteiger partial charge in [-0.3, -0.25) is 4.79 Å². The third-order valence-corrected chi connectivity index (χ3v) is 2.08. The summed E-state index contributed by atoms with van der Waals surface area (Å²) in [6.45, 7) is 0. The van der Waals surface area contributed by atoms with Gasteiger partial charge < -0.3 is 0 Å². The Kier molecular flexibility index (Phi) is 2.29. The Bertz CT molecular complexity index is 490. The Morgan fingerprint density at radius 1 is 1.33 bits per heavy atom. The van der Waals surface area contributed by atoms with Gasteiger partial charge >= 0.3 is 0 Å². The Hall–Kier alpha value is -2.04. The van der Waals surface area contributed by atoms with Crippen LogP contribution < -0.4 is 0 Å². The van der Waals surface area contributed by atoms with Gasteiger partial charge in [-0.2, -0.15) is 0 Å². The Labute approximate surface area is 85.3 Å². The minimum atomic E-state index is -0.318. The lowest BCUT2D eigenvalue weighted by molar-refractivity contribution is 0.111. The number of carbonyl (C=O) groups is 1. The van der Waals surface area contributed by atoms with Gasteiger partial charge in [-0.1, -0.05) is 5.21 Å². The molecule has 0 fully saturated rings. The highest BCUT2D eigenvalue weighted by Gasteiger charge is 2.11. The molecule has 76 valence electrons. The van der Waals surface area contributed by atoms with Crippen molar-refractivity contribution in [3.05, 3.63) is 35.8 Å². The number of benzene rings is 1. The van der Waals surface area contributed by atoms with Gasteiger partial charge in [0.2, 0.25) is 0 Å². The van der Waals surface area contributed by atoms with E-state index in [1.165, 1.54) is 16.8 Å². The maximum absolute atomic E-state index is 12.7. The SMILES string of the molecule is Cn1nnc(C=O)c1-c1ccc(F)cc1. The maximum Gasteiger partial charge on any atom is 0.172 e. The van der Waals surface area contributed by atoms with E-state index in [4.69, 9.17) is 0 Å². The Morgan fingerprint density at radius 2 is 2.00 bits per heavy atom. The van der Waals surface area contributed by atoms with Crippen LogP contribution in [0.3, 0.4) is 0 Å². The topological polar surface area (TPSA) is 47.8 Å². The molecule has 1 aromatic heterocycles. The first-order valence-corrected chi connectivity index (χ1v) is 4.33. The fourth-order valence-corrected chi connectivity index (χ4v) is 1.39. The quantitative estimate of drug-likeness (QED) is 0.697. The van der Waals surface area contributed by atoms with Crippen LogP contribution in [0.5, 0.6) is 0 Å². The van der Waals surface area contributed by atoms with E-state index in [0.717, 1.165) is 0 Å². The summed E-state index contributed by atoms with van der Waals surface area (Å²) in [4.78, 5) is 10.7. The molecule has 1 heterocycles. The smallest absolute Gasteiger partial charge is 0.172 e. The van der Waals surface area contributed by atoms with E-state index < -0.39 is 0 Å². The Balaban J connectivity index is 2.57. The van der Waals surface area contributed by atoms with E-state index in [9.17, 15) is 9.18 Å². The molecule has 1 aromatic carbocycles. The van der Waals surface area contributed by atoms with E-state index in [1.54, 1.807) is 19.2 Å². The number of aryl methyl sites for hydroxylation is 1. The van der Waals surface area contributed by atoms with Gasteiger partial charge in [0.1, 0.15) is 5.82 Å². The molecule has 0 amide bonds. The van der Waals surface area contributed by atoms with E-state index in [0.29, 0.717) is 17.5 Å². The second-order valence-electron chi connectivity index (χ2n) is 3.07. The number of hydrogen-bond donors (Lipinski definition) is 0. The van der Waals surface area contributed by atoms with Crippen LogP contribution in [0.15, 0.2) is 24.3 Å². The first-order chi connectivity index (χ1) is 7.22. The molecule has 5 heteroatoms. The van der Waals surface area contributed by atoms with Gasteiger partial charge in [-0.25, -0.2) is 9.07 Å². The molecule has 0 aliphatic carbocycles. The third-order valence-electron chi connectivity index (χ3n) is 2.08. The number of halogens is 1. The van der Waals surface area contributed by atoms with Crippen molar-refractivity contribution in [1.29, 1.82) is 0 Å². The number of nitrogens with zero attached hydrogens (tertiary/aromatic N) is 3. The Morgan fingerprint density at radius 3 is 2.60 bits per heavy atom. The first-order valence-electron chi connectivity index (χ1n) is 4.33. The molecule has 0 unspecified atom stereocenters. The molecule has 0 saturated heterocycles. The molecule has 4 nitrogen and oxygen atoms in total. The van der Waals surface area contributed by atoms with E-state index >= 15 is 0 Å². The summed E-state index contributed by atoms with van der Waals surface area (Å²) in [6.07, 6.45) is 0.631. The summed E-state index contributed by atoms with van der Waals surface area (Å²) in [5.41, 5.74) is 1.56. The summed E-state index contributed by atoms with van der Waals surface area (Å²) in [5.74, 6) is -0.318. The number of rotatable bonds is 2.